The third-order valence-corrected chi connectivity index (χ3v) is 2.18. The minimum Gasteiger partial charge on any atom is -0.478 e. The maximum Gasteiger partial charge on any atom is 0.349 e. The number of rotatable bonds is 5. The van der Waals surface area contributed by atoms with Crippen LogP contribution >= 0.6 is 11.6 Å². The van der Waals surface area contributed by atoms with E-state index in [2.05, 4.69) is 4.99 Å². The van der Waals surface area contributed by atoms with Gasteiger partial charge in [0.1, 0.15) is 6.21 Å². The molecule has 0 saturated heterocycles. The summed E-state index contributed by atoms with van der Waals surface area (Å²) < 4.78 is 4.77. The Morgan fingerprint density at radius 2 is 2.22 bits per heavy atom. The lowest BCUT2D eigenvalue weighted by molar-refractivity contribution is -0.135. The summed E-state index contributed by atoms with van der Waals surface area (Å²) in [7, 11) is 0. The lowest BCUT2D eigenvalue weighted by Crippen LogP contribution is -2.06. The highest BCUT2D eigenvalue weighted by Crippen LogP contribution is 2.23. The van der Waals surface area contributed by atoms with E-state index >= 15 is 0 Å². The summed E-state index contributed by atoms with van der Waals surface area (Å²) >= 11 is 5.74. The van der Waals surface area contributed by atoms with E-state index in [1.54, 1.807) is 0 Å². The van der Waals surface area contributed by atoms with Gasteiger partial charge in [-0.05, 0) is 24.6 Å². The van der Waals surface area contributed by atoms with E-state index < -0.39 is 11.9 Å². The molecule has 0 unspecified atom stereocenters. The zero-order valence-corrected chi connectivity index (χ0v) is 10.5. The molecule has 0 aliphatic carbocycles. The Hall–Kier alpha value is -1.88. The molecule has 0 aromatic heterocycles. The van der Waals surface area contributed by atoms with Crippen LogP contribution < -0.4 is 0 Å². The average molecular weight is 270 g/mol. The average Bonchev–Trinajstić information content (AvgIpc) is 2.33. The Kier molecular flexibility index (Phi) is 5.32. The van der Waals surface area contributed by atoms with Gasteiger partial charge in [-0.1, -0.05) is 18.5 Å². The number of carbonyl (C=O) groups is 2. The van der Waals surface area contributed by atoms with Crippen LogP contribution in [-0.2, 0) is 9.53 Å². The first-order valence-corrected chi connectivity index (χ1v) is 5.66. The van der Waals surface area contributed by atoms with Gasteiger partial charge in [0.25, 0.3) is 0 Å². The molecule has 0 atom stereocenters. The van der Waals surface area contributed by atoms with Crippen molar-refractivity contribution in [3.8, 4) is 0 Å². The normalized spacial score (nSPS) is 10.6. The van der Waals surface area contributed by atoms with E-state index in [-0.39, 0.29) is 11.3 Å². The number of carboxylic acid groups (broad SMARTS) is 1. The highest BCUT2D eigenvalue weighted by atomic mass is 35.5. The predicted octanol–water partition coefficient (Wildman–Crippen LogP) is 2.69. The van der Waals surface area contributed by atoms with Crippen molar-refractivity contribution in [1.82, 2.24) is 0 Å². The molecule has 6 heteroatoms. The second-order valence-corrected chi connectivity index (χ2v) is 3.83. The Bertz CT molecular complexity index is 485. The molecule has 1 N–H and O–H groups in total. The van der Waals surface area contributed by atoms with E-state index in [1.165, 1.54) is 18.2 Å². The number of aromatic carboxylic acids is 1. The second kappa shape index (κ2) is 6.76. The van der Waals surface area contributed by atoms with Crippen molar-refractivity contribution in [2.24, 2.45) is 4.99 Å². The van der Waals surface area contributed by atoms with Crippen LogP contribution in [0.2, 0.25) is 5.02 Å². The molecular weight excluding hydrogens is 258 g/mol. The fourth-order valence-corrected chi connectivity index (χ4v) is 1.32. The maximum atomic E-state index is 11.2. The lowest BCUT2D eigenvalue weighted by atomic mass is 10.2. The fraction of sp³-hybridized carbons (Fsp3) is 0.250. The highest BCUT2D eigenvalue weighted by molar-refractivity contribution is 6.31. The molecule has 0 aliphatic rings. The number of aliphatic imine (C=N–C) groups is 1. The Labute approximate surface area is 109 Å². The van der Waals surface area contributed by atoms with Crippen molar-refractivity contribution < 1.29 is 19.4 Å². The molecule has 0 amide bonds. The van der Waals surface area contributed by atoms with Gasteiger partial charge in [-0.25, -0.2) is 14.6 Å². The van der Waals surface area contributed by atoms with Crippen molar-refractivity contribution in [3.05, 3.63) is 28.8 Å². The summed E-state index contributed by atoms with van der Waals surface area (Å²) in [5.41, 5.74) is 0.0855. The van der Waals surface area contributed by atoms with Crippen molar-refractivity contribution in [3.63, 3.8) is 0 Å². The van der Waals surface area contributed by atoms with Gasteiger partial charge in [0, 0.05) is 5.02 Å². The van der Waals surface area contributed by atoms with Gasteiger partial charge < -0.3 is 9.84 Å². The molecule has 0 fully saturated rings. The van der Waals surface area contributed by atoms with Gasteiger partial charge in [0.05, 0.1) is 17.9 Å². The summed E-state index contributed by atoms with van der Waals surface area (Å²) in [5.74, 6) is -1.76. The molecule has 0 bridgehead atoms. The standard InChI is InChI=1S/C12H12ClNO4/c1-2-5-18-11(15)7-14-10-6-8(13)3-4-9(10)12(16)17/h3-4,6-7H,2,5H2,1H3,(H,16,17). The summed E-state index contributed by atoms with van der Waals surface area (Å²) in [4.78, 5) is 25.9. The first-order chi connectivity index (χ1) is 8.54. The first-order valence-electron chi connectivity index (χ1n) is 5.28. The molecule has 1 aromatic carbocycles. The van der Waals surface area contributed by atoms with Crippen molar-refractivity contribution >= 4 is 35.4 Å². The Morgan fingerprint density at radius 3 is 2.83 bits per heavy atom. The number of ether oxygens (including phenoxy) is 1. The number of hydrogen-bond donors (Lipinski definition) is 1. The molecule has 0 saturated carbocycles. The SMILES string of the molecule is CCCOC(=O)C=Nc1cc(Cl)ccc1C(=O)O. The minimum absolute atomic E-state index is 0.0288. The van der Waals surface area contributed by atoms with E-state index in [9.17, 15) is 9.59 Å². The fourth-order valence-electron chi connectivity index (χ4n) is 1.15. The van der Waals surface area contributed by atoms with Gasteiger partial charge in [-0.15, -0.1) is 0 Å². The molecule has 0 spiro atoms. The molecule has 0 aliphatic heterocycles. The van der Waals surface area contributed by atoms with Crippen LogP contribution in [0.4, 0.5) is 5.69 Å². The summed E-state index contributed by atoms with van der Waals surface area (Å²) in [6.45, 7) is 2.16. The topological polar surface area (TPSA) is 76.0 Å². The number of hydrogen-bond acceptors (Lipinski definition) is 4. The molecule has 96 valence electrons. The van der Waals surface area contributed by atoms with Crippen molar-refractivity contribution in [2.45, 2.75) is 13.3 Å². The zero-order valence-electron chi connectivity index (χ0n) is 9.72. The van der Waals surface area contributed by atoms with Crippen LogP contribution in [0.3, 0.4) is 0 Å². The first kappa shape index (κ1) is 14.2. The largest absolute Gasteiger partial charge is 0.478 e. The lowest BCUT2D eigenvalue weighted by Gasteiger charge is -2.01. The quantitative estimate of drug-likeness (QED) is 0.659. The third kappa shape index (κ3) is 4.18. The van der Waals surface area contributed by atoms with Gasteiger partial charge in [-0.3, -0.25) is 0 Å². The molecule has 0 heterocycles. The van der Waals surface area contributed by atoms with Crippen molar-refractivity contribution in [2.75, 3.05) is 6.61 Å². The van der Waals surface area contributed by atoms with E-state index in [0.29, 0.717) is 18.1 Å². The number of esters is 1. The molecule has 1 rings (SSSR count). The number of carboxylic acids is 1. The molecule has 5 nitrogen and oxygen atoms in total. The number of benzene rings is 1. The molecular formula is C12H12ClNO4. The molecule has 18 heavy (non-hydrogen) atoms. The highest BCUT2D eigenvalue weighted by Gasteiger charge is 2.09. The smallest absolute Gasteiger partial charge is 0.349 e. The summed E-state index contributed by atoms with van der Waals surface area (Å²) in [6.07, 6.45) is 1.64. The van der Waals surface area contributed by atoms with E-state index in [1.807, 2.05) is 6.92 Å². The van der Waals surface area contributed by atoms with Gasteiger partial charge in [0.2, 0.25) is 0 Å². The number of nitrogens with zero attached hydrogens (tertiary/aromatic N) is 1. The van der Waals surface area contributed by atoms with Crippen LogP contribution in [0.15, 0.2) is 23.2 Å². The number of carbonyl (C=O) groups excluding carboxylic acids is 1. The Morgan fingerprint density at radius 1 is 1.50 bits per heavy atom. The monoisotopic (exact) mass is 269 g/mol. The van der Waals surface area contributed by atoms with Crippen LogP contribution in [0, 0.1) is 0 Å². The maximum absolute atomic E-state index is 11.2. The van der Waals surface area contributed by atoms with Gasteiger partial charge >= 0.3 is 11.9 Å². The van der Waals surface area contributed by atoms with Gasteiger partial charge in [0.15, 0.2) is 0 Å². The predicted molar refractivity (Wildman–Crippen MR) is 67.8 cm³/mol. The van der Waals surface area contributed by atoms with Crippen LogP contribution in [0.1, 0.15) is 23.7 Å². The van der Waals surface area contributed by atoms with Crippen LogP contribution in [-0.4, -0.2) is 29.9 Å². The third-order valence-electron chi connectivity index (χ3n) is 1.95. The molecule has 1 aromatic rings. The number of halogens is 1. The van der Waals surface area contributed by atoms with Crippen LogP contribution in [0.5, 0.6) is 0 Å². The van der Waals surface area contributed by atoms with Crippen molar-refractivity contribution in [1.29, 1.82) is 0 Å². The van der Waals surface area contributed by atoms with Gasteiger partial charge in [-0.2, -0.15) is 0 Å². The van der Waals surface area contributed by atoms with E-state index in [4.69, 9.17) is 21.4 Å². The summed E-state index contributed by atoms with van der Waals surface area (Å²) in [6, 6.07) is 4.14. The molecule has 0 radical (unpaired) electrons. The Balaban J connectivity index is 2.88. The summed E-state index contributed by atoms with van der Waals surface area (Å²) in [5, 5.41) is 9.27. The minimum atomic E-state index is -1.14. The second-order valence-electron chi connectivity index (χ2n) is 3.39. The zero-order chi connectivity index (χ0) is 13.5. The van der Waals surface area contributed by atoms with E-state index in [0.717, 1.165) is 6.21 Å². The van der Waals surface area contributed by atoms with Crippen LogP contribution in [0.25, 0.3) is 0 Å².